The van der Waals surface area contributed by atoms with E-state index in [4.69, 9.17) is 0 Å². The van der Waals surface area contributed by atoms with Gasteiger partial charge in [-0.05, 0) is 113 Å². The Morgan fingerprint density at radius 3 is 1.98 bits per heavy atom. The van der Waals surface area contributed by atoms with Crippen molar-refractivity contribution in [1.82, 2.24) is 4.57 Å². The Hall–Kier alpha value is -5.08. The summed E-state index contributed by atoms with van der Waals surface area (Å²) >= 11 is 0. The number of para-hydroxylation sites is 2. The Labute approximate surface area is 315 Å². The number of benzene rings is 6. The van der Waals surface area contributed by atoms with E-state index in [0.717, 1.165) is 0 Å². The standard InChI is InChI=1S/C51H50N2/c1-51(2)46-22-12-9-20-42(46)43-32-30-40(34-47(43)51)52(48-23-13-10-19-41(48)36-15-5-3-6-16-36)39-28-25-35(26-29-39)37-27-31-45-44-21-11-14-24-49(44)53(50(45)33-37)38-17-7-4-8-18-38/h9-14,19-34,36,38H,3-8,15-18H2,1-2H3. The summed E-state index contributed by atoms with van der Waals surface area (Å²) in [6.45, 7) is 4.78. The number of aromatic nitrogens is 1. The maximum Gasteiger partial charge on any atom is 0.0500 e. The highest BCUT2D eigenvalue weighted by Crippen LogP contribution is 2.51. The zero-order chi connectivity index (χ0) is 35.5. The summed E-state index contributed by atoms with van der Waals surface area (Å²) in [6.07, 6.45) is 13.1. The fourth-order valence-corrected chi connectivity index (χ4v) is 10.4. The average molecular weight is 691 g/mol. The molecule has 6 aromatic carbocycles. The van der Waals surface area contributed by atoms with Gasteiger partial charge in [-0.15, -0.1) is 0 Å². The molecular weight excluding hydrogens is 641 g/mol. The third kappa shape index (κ3) is 5.44. The smallest absolute Gasteiger partial charge is 0.0500 e. The third-order valence-corrected chi connectivity index (χ3v) is 13.2. The van der Waals surface area contributed by atoms with Crippen molar-refractivity contribution in [2.45, 2.75) is 95.4 Å². The molecular formula is C51H50N2. The molecule has 0 bridgehead atoms. The van der Waals surface area contributed by atoms with Gasteiger partial charge in [0.15, 0.2) is 0 Å². The van der Waals surface area contributed by atoms with E-state index in [1.165, 1.54) is 142 Å². The van der Waals surface area contributed by atoms with Crippen LogP contribution < -0.4 is 4.90 Å². The molecule has 10 rings (SSSR count). The lowest BCUT2D eigenvalue weighted by molar-refractivity contribution is 0.367. The topological polar surface area (TPSA) is 8.17 Å². The van der Waals surface area contributed by atoms with Crippen LogP contribution in [0.25, 0.3) is 44.1 Å². The van der Waals surface area contributed by atoms with Crippen LogP contribution in [-0.4, -0.2) is 4.57 Å². The number of hydrogen-bond donors (Lipinski definition) is 0. The SMILES string of the molecule is CC1(C)c2ccccc2-c2ccc(N(c3ccc(-c4ccc5c6ccccc6n(C6CCCCC6)c5c4)cc3)c3ccccc3C3CCCCC3)cc21. The zero-order valence-electron chi connectivity index (χ0n) is 31.3. The fourth-order valence-electron chi connectivity index (χ4n) is 10.4. The van der Waals surface area contributed by atoms with E-state index < -0.39 is 0 Å². The molecule has 7 aromatic rings. The van der Waals surface area contributed by atoms with Crippen molar-refractivity contribution in [2.24, 2.45) is 0 Å². The molecule has 0 unspecified atom stereocenters. The van der Waals surface area contributed by atoms with Crippen molar-refractivity contribution in [3.05, 3.63) is 150 Å². The summed E-state index contributed by atoms with van der Waals surface area (Å²) in [7, 11) is 0. The lowest BCUT2D eigenvalue weighted by Crippen LogP contribution is -2.18. The molecule has 2 heteroatoms. The third-order valence-electron chi connectivity index (χ3n) is 13.2. The highest BCUT2D eigenvalue weighted by Gasteiger charge is 2.36. The Balaban J connectivity index is 1.09. The van der Waals surface area contributed by atoms with E-state index in [2.05, 4.69) is 157 Å². The van der Waals surface area contributed by atoms with Crippen molar-refractivity contribution in [1.29, 1.82) is 0 Å². The summed E-state index contributed by atoms with van der Waals surface area (Å²) in [5, 5.41) is 2.75. The fraction of sp³-hybridized carbons (Fsp3) is 0.294. The molecule has 0 saturated heterocycles. The molecule has 3 aliphatic rings. The van der Waals surface area contributed by atoms with E-state index in [1.54, 1.807) is 0 Å². The molecule has 0 aliphatic heterocycles. The van der Waals surface area contributed by atoms with Crippen LogP contribution in [0.4, 0.5) is 17.1 Å². The summed E-state index contributed by atoms with van der Waals surface area (Å²) in [4.78, 5) is 2.55. The minimum absolute atomic E-state index is 0.0565. The molecule has 2 fully saturated rings. The lowest BCUT2D eigenvalue weighted by atomic mass is 9.82. The molecule has 0 spiro atoms. The number of fused-ring (bicyclic) bond motifs is 6. The molecule has 264 valence electrons. The molecule has 3 aliphatic carbocycles. The van der Waals surface area contributed by atoms with E-state index in [0.29, 0.717) is 12.0 Å². The first kappa shape index (κ1) is 32.6. The van der Waals surface area contributed by atoms with Gasteiger partial charge in [-0.1, -0.05) is 143 Å². The molecule has 0 amide bonds. The van der Waals surface area contributed by atoms with Gasteiger partial charge in [-0.3, -0.25) is 0 Å². The summed E-state index contributed by atoms with van der Waals surface area (Å²) in [6, 6.07) is 51.7. The van der Waals surface area contributed by atoms with Crippen LogP contribution >= 0.6 is 0 Å². The molecule has 2 saturated carbocycles. The zero-order valence-corrected chi connectivity index (χ0v) is 31.3. The van der Waals surface area contributed by atoms with Gasteiger partial charge in [0.1, 0.15) is 0 Å². The van der Waals surface area contributed by atoms with Gasteiger partial charge in [0.05, 0.1) is 0 Å². The predicted octanol–water partition coefficient (Wildman–Crippen LogP) is 14.8. The first-order valence-corrected chi connectivity index (χ1v) is 20.3. The van der Waals surface area contributed by atoms with E-state index >= 15 is 0 Å². The Kier molecular flexibility index (Phi) is 8.05. The van der Waals surface area contributed by atoms with E-state index in [-0.39, 0.29) is 5.41 Å². The lowest BCUT2D eigenvalue weighted by Gasteiger charge is -2.32. The average Bonchev–Trinajstić information content (AvgIpc) is 3.67. The van der Waals surface area contributed by atoms with Crippen molar-refractivity contribution in [3.63, 3.8) is 0 Å². The second-order valence-electron chi connectivity index (χ2n) is 16.6. The molecule has 2 nitrogen and oxygen atoms in total. The quantitative estimate of drug-likeness (QED) is 0.169. The monoisotopic (exact) mass is 690 g/mol. The van der Waals surface area contributed by atoms with Crippen LogP contribution in [0.3, 0.4) is 0 Å². The molecule has 0 N–H and O–H groups in total. The van der Waals surface area contributed by atoms with Crippen LogP contribution in [0.2, 0.25) is 0 Å². The number of rotatable bonds is 6. The number of hydrogen-bond acceptors (Lipinski definition) is 1. The van der Waals surface area contributed by atoms with Gasteiger partial charge in [0.25, 0.3) is 0 Å². The minimum Gasteiger partial charge on any atom is -0.337 e. The maximum absolute atomic E-state index is 2.68. The van der Waals surface area contributed by atoms with Gasteiger partial charge >= 0.3 is 0 Å². The van der Waals surface area contributed by atoms with Gasteiger partial charge < -0.3 is 9.47 Å². The first-order valence-electron chi connectivity index (χ1n) is 20.3. The maximum atomic E-state index is 2.68. The first-order chi connectivity index (χ1) is 26.1. The Morgan fingerprint density at radius 1 is 0.509 bits per heavy atom. The van der Waals surface area contributed by atoms with Crippen molar-refractivity contribution in [3.8, 4) is 22.3 Å². The van der Waals surface area contributed by atoms with Gasteiger partial charge in [-0.2, -0.15) is 0 Å². The van der Waals surface area contributed by atoms with Crippen LogP contribution in [-0.2, 0) is 5.41 Å². The summed E-state index contributed by atoms with van der Waals surface area (Å²) in [5.41, 5.74) is 16.1. The molecule has 1 aromatic heterocycles. The Bertz CT molecular complexity index is 2450. The van der Waals surface area contributed by atoms with Crippen molar-refractivity contribution < 1.29 is 0 Å². The van der Waals surface area contributed by atoms with Crippen molar-refractivity contribution in [2.75, 3.05) is 4.90 Å². The van der Waals surface area contributed by atoms with Crippen LogP contribution in [0.1, 0.15) is 107 Å². The molecule has 53 heavy (non-hydrogen) atoms. The summed E-state index contributed by atoms with van der Waals surface area (Å²) in [5.74, 6) is 0.597. The normalized spacial score (nSPS) is 17.2. The largest absolute Gasteiger partial charge is 0.337 e. The highest BCUT2D eigenvalue weighted by atomic mass is 15.1. The number of anilines is 3. The van der Waals surface area contributed by atoms with Gasteiger partial charge in [-0.25, -0.2) is 0 Å². The van der Waals surface area contributed by atoms with Gasteiger partial charge in [0.2, 0.25) is 0 Å². The van der Waals surface area contributed by atoms with Crippen LogP contribution in [0.15, 0.2) is 133 Å². The van der Waals surface area contributed by atoms with Crippen LogP contribution in [0.5, 0.6) is 0 Å². The second kappa shape index (κ2) is 13.1. The highest BCUT2D eigenvalue weighted by molar-refractivity contribution is 6.09. The molecule has 1 heterocycles. The molecule has 0 radical (unpaired) electrons. The summed E-state index contributed by atoms with van der Waals surface area (Å²) < 4.78 is 2.68. The number of nitrogens with zero attached hydrogens (tertiary/aromatic N) is 2. The minimum atomic E-state index is -0.0565. The Morgan fingerprint density at radius 2 is 1.15 bits per heavy atom. The predicted molar refractivity (Wildman–Crippen MR) is 225 cm³/mol. The van der Waals surface area contributed by atoms with E-state index in [9.17, 15) is 0 Å². The van der Waals surface area contributed by atoms with Gasteiger partial charge in [0, 0.05) is 50.3 Å². The van der Waals surface area contributed by atoms with E-state index in [1.807, 2.05) is 0 Å². The second-order valence-corrected chi connectivity index (χ2v) is 16.6. The molecule has 0 atom stereocenters. The van der Waals surface area contributed by atoms with Crippen molar-refractivity contribution >= 4 is 38.9 Å². The van der Waals surface area contributed by atoms with Crippen LogP contribution in [0, 0.1) is 0 Å².